The normalized spacial score (nSPS) is 11.3. The molecule has 0 aliphatic rings. The molecule has 0 atom stereocenters. The molecule has 1 amide bonds. The summed E-state index contributed by atoms with van der Waals surface area (Å²) in [6.45, 7) is -0.189. The van der Waals surface area contributed by atoms with Crippen LogP contribution in [0.1, 0.15) is 21.6 Å². The van der Waals surface area contributed by atoms with Gasteiger partial charge in [-0.05, 0) is 18.2 Å². The standard InChI is InChI=1S/C14H10F4N2O2/c15-10-4-2-1-3-8(10)7-19-12(21)9-5-6-11(14(16,17)18)20-13(9)22/h1-6H,7H2,(H,19,21)(H,20,22). The van der Waals surface area contributed by atoms with Gasteiger partial charge in [0.2, 0.25) is 0 Å². The van der Waals surface area contributed by atoms with Gasteiger partial charge in [-0.25, -0.2) is 4.39 Å². The Labute approximate surface area is 121 Å². The minimum Gasteiger partial charge on any atom is -0.348 e. The molecule has 0 fully saturated rings. The van der Waals surface area contributed by atoms with E-state index in [1.807, 2.05) is 0 Å². The number of hydrogen-bond acceptors (Lipinski definition) is 2. The largest absolute Gasteiger partial charge is 0.431 e. The van der Waals surface area contributed by atoms with Gasteiger partial charge in [0.1, 0.15) is 17.1 Å². The van der Waals surface area contributed by atoms with Crippen molar-refractivity contribution in [2.24, 2.45) is 0 Å². The van der Waals surface area contributed by atoms with Crippen LogP contribution in [0.4, 0.5) is 17.6 Å². The number of aromatic nitrogens is 1. The average molecular weight is 314 g/mol. The molecule has 116 valence electrons. The van der Waals surface area contributed by atoms with Crippen LogP contribution >= 0.6 is 0 Å². The van der Waals surface area contributed by atoms with Gasteiger partial charge in [-0.15, -0.1) is 0 Å². The Hall–Kier alpha value is -2.64. The topological polar surface area (TPSA) is 62.0 Å². The van der Waals surface area contributed by atoms with Gasteiger partial charge in [0, 0.05) is 12.1 Å². The van der Waals surface area contributed by atoms with E-state index in [4.69, 9.17) is 0 Å². The first-order chi connectivity index (χ1) is 10.3. The Bertz CT molecular complexity index is 753. The fourth-order valence-corrected chi connectivity index (χ4v) is 1.73. The van der Waals surface area contributed by atoms with Crippen LogP contribution in [0.15, 0.2) is 41.2 Å². The highest BCUT2D eigenvalue weighted by molar-refractivity contribution is 5.93. The van der Waals surface area contributed by atoms with Crippen LogP contribution in [0.5, 0.6) is 0 Å². The summed E-state index contributed by atoms with van der Waals surface area (Å²) in [5, 5.41) is 2.27. The number of alkyl halides is 3. The monoisotopic (exact) mass is 314 g/mol. The van der Waals surface area contributed by atoms with Crippen molar-refractivity contribution in [1.29, 1.82) is 0 Å². The lowest BCUT2D eigenvalue weighted by Crippen LogP contribution is -2.30. The molecule has 1 aromatic carbocycles. The zero-order valence-electron chi connectivity index (χ0n) is 11.0. The maximum absolute atomic E-state index is 13.4. The molecule has 1 aromatic heterocycles. The predicted octanol–water partition coefficient (Wildman–Crippen LogP) is 2.46. The highest BCUT2D eigenvalue weighted by Crippen LogP contribution is 2.26. The number of H-pyrrole nitrogens is 1. The first-order valence-corrected chi connectivity index (χ1v) is 6.11. The van der Waals surface area contributed by atoms with Crippen LogP contribution in [-0.4, -0.2) is 10.9 Å². The van der Waals surface area contributed by atoms with Gasteiger partial charge in [-0.1, -0.05) is 18.2 Å². The molecule has 0 unspecified atom stereocenters. The minimum atomic E-state index is -4.71. The molecule has 0 radical (unpaired) electrons. The van der Waals surface area contributed by atoms with Gasteiger partial charge in [0.15, 0.2) is 0 Å². The molecule has 0 aliphatic heterocycles. The maximum Gasteiger partial charge on any atom is 0.431 e. The number of aromatic amines is 1. The fraction of sp³-hybridized carbons (Fsp3) is 0.143. The number of halogens is 4. The first kappa shape index (κ1) is 15.7. The van der Waals surface area contributed by atoms with Crippen LogP contribution in [0.2, 0.25) is 0 Å². The predicted molar refractivity (Wildman–Crippen MR) is 69.6 cm³/mol. The molecule has 1 heterocycles. The zero-order valence-corrected chi connectivity index (χ0v) is 11.0. The summed E-state index contributed by atoms with van der Waals surface area (Å²) in [7, 11) is 0. The Kier molecular flexibility index (Phi) is 4.30. The molecule has 0 bridgehead atoms. The molecule has 0 spiro atoms. The van der Waals surface area contributed by atoms with Crippen molar-refractivity contribution in [3.63, 3.8) is 0 Å². The van der Waals surface area contributed by atoms with E-state index in [9.17, 15) is 27.2 Å². The van der Waals surface area contributed by atoms with E-state index in [1.165, 1.54) is 18.2 Å². The Morgan fingerprint density at radius 2 is 1.82 bits per heavy atom. The van der Waals surface area contributed by atoms with Crippen molar-refractivity contribution < 1.29 is 22.4 Å². The Balaban J connectivity index is 2.14. The van der Waals surface area contributed by atoms with E-state index >= 15 is 0 Å². The third kappa shape index (κ3) is 3.51. The number of hydrogen-bond donors (Lipinski definition) is 2. The summed E-state index contributed by atoms with van der Waals surface area (Å²) in [4.78, 5) is 24.9. The summed E-state index contributed by atoms with van der Waals surface area (Å²) in [5.74, 6) is -1.43. The molecule has 2 N–H and O–H groups in total. The Morgan fingerprint density at radius 1 is 1.14 bits per heavy atom. The van der Waals surface area contributed by atoms with Gasteiger partial charge < -0.3 is 10.3 Å². The second-order valence-corrected chi connectivity index (χ2v) is 4.39. The number of carbonyl (C=O) groups is 1. The van der Waals surface area contributed by atoms with Gasteiger partial charge in [0.05, 0.1) is 0 Å². The lowest BCUT2D eigenvalue weighted by Gasteiger charge is -2.08. The summed E-state index contributed by atoms with van der Waals surface area (Å²) < 4.78 is 50.6. The number of rotatable bonds is 3. The summed E-state index contributed by atoms with van der Waals surface area (Å²) in [6.07, 6.45) is -4.71. The average Bonchev–Trinajstić information content (AvgIpc) is 2.45. The van der Waals surface area contributed by atoms with E-state index < -0.39 is 34.7 Å². The zero-order chi connectivity index (χ0) is 16.3. The van der Waals surface area contributed by atoms with Crippen molar-refractivity contribution in [1.82, 2.24) is 10.3 Å². The van der Waals surface area contributed by atoms with E-state index in [2.05, 4.69) is 5.32 Å². The van der Waals surface area contributed by atoms with Gasteiger partial charge in [-0.2, -0.15) is 13.2 Å². The molecule has 0 aliphatic carbocycles. The highest BCUT2D eigenvalue weighted by atomic mass is 19.4. The van der Waals surface area contributed by atoms with Gasteiger partial charge in [0.25, 0.3) is 11.5 Å². The number of nitrogens with one attached hydrogen (secondary N) is 2. The SMILES string of the molecule is O=C(NCc1ccccc1F)c1ccc(C(F)(F)F)[nH]c1=O. The molecule has 8 heteroatoms. The van der Waals surface area contributed by atoms with Gasteiger partial charge >= 0.3 is 6.18 Å². The lowest BCUT2D eigenvalue weighted by atomic mass is 10.2. The smallest absolute Gasteiger partial charge is 0.348 e. The minimum absolute atomic E-state index is 0.189. The fourth-order valence-electron chi connectivity index (χ4n) is 1.73. The molecule has 22 heavy (non-hydrogen) atoms. The second kappa shape index (κ2) is 6.00. The summed E-state index contributed by atoms with van der Waals surface area (Å²) >= 11 is 0. The second-order valence-electron chi connectivity index (χ2n) is 4.39. The third-order valence-corrected chi connectivity index (χ3v) is 2.86. The van der Waals surface area contributed by atoms with Crippen molar-refractivity contribution >= 4 is 5.91 Å². The quantitative estimate of drug-likeness (QED) is 0.855. The van der Waals surface area contributed by atoms with E-state index in [0.29, 0.717) is 6.07 Å². The van der Waals surface area contributed by atoms with Crippen molar-refractivity contribution in [2.75, 3.05) is 0 Å². The van der Waals surface area contributed by atoms with E-state index in [0.717, 1.165) is 6.07 Å². The van der Waals surface area contributed by atoms with Crippen molar-refractivity contribution in [2.45, 2.75) is 12.7 Å². The van der Waals surface area contributed by atoms with E-state index in [1.54, 1.807) is 11.1 Å². The molecule has 2 aromatic rings. The molecule has 4 nitrogen and oxygen atoms in total. The maximum atomic E-state index is 13.4. The summed E-state index contributed by atoms with van der Waals surface area (Å²) in [6, 6.07) is 7.05. The molecular formula is C14H10F4N2O2. The third-order valence-electron chi connectivity index (χ3n) is 2.86. The molecule has 0 saturated heterocycles. The van der Waals surface area contributed by atoms with Crippen LogP contribution < -0.4 is 10.9 Å². The molecular weight excluding hydrogens is 304 g/mol. The van der Waals surface area contributed by atoms with Crippen LogP contribution in [-0.2, 0) is 12.7 Å². The van der Waals surface area contributed by atoms with Gasteiger partial charge in [-0.3, -0.25) is 9.59 Å². The summed E-state index contributed by atoms with van der Waals surface area (Å²) in [5.41, 5.74) is -2.70. The van der Waals surface area contributed by atoms with E-state index in [-0.39, 0.29) is 12.1 Å². The number of carbonyl (C=O) groups excluding carboxylic acids is 1. The number of amides is 1. The highest BCUT2D eigenvalue weighted by Gasteiger charge is 2.32. The molecule has 2 rings (SSSR count). The van der Waals surface area contributed by atoms with Crippen LogP contribution in [0.25, 0.3) is 0 Å². The number of benzene rings is 1. The number of pyridine rings is 1. The van der Waals surface area contributed by atoms with Crippen LogP contribution in [0, 0.1) is 5.82 Å². The van der Waals surface area contributed by atoms with Crippen molar-refractivity contribution in [3.05, 3.63) is 69.4 Å². The Morgan fingerprint density at radius 3 is 2.41 bits per heavy atom. The first-order valence-electron chi connectivity index (χ1n) is 6.11. The molecule has 0 saturated carbocycles. The van der Waals surface area contributed by atoms with Crippen LogP contribution in [0.3, 0.4) is 0 Å². The lowest BCUT2D eigenvalue weighted by molar-refractivity contribution is -0.141. The van der Waals surface area contributed by atoms with Crippen molar-refractivity contribution in [3.8, 4) is 0 Å².